The molecule has 1 aromatic heterocycles. The highest BCUT2D eigenvalue weighted by Crippen LogP contribution is 2.52. The van der Waals surface area contributed by atoms with Crippen molar-refractivity contribution in [3.05, 3.63) is 21.7 Å². The van der Waals surface area contributed by atoms with Crippen LogP contribution < -0.4 is 4.90 Å². The van der Waals surface area contributed by atoms with Crippen LogP contribution in [0.15, 0.2) is 16.0 Å². The molecule has 4 aliphatic heterocycles. The van der Waals surface area contributed by atoms with Gasteiger partial charge in [-0.3, -0.25) is 14.5 Å². The van der Waals surface area contributed by atoms with Crippen molar-refractivity contribution in [2.24, 2.45) is 11.8 Å². The van der Waals surface area contributed by atoms with E-state index < -0.39 is 18.0 Å². The molecule has 34 heavy (non-hydrogen) atoms. The first-order valence-corrected chi connectivity index (χ1v) is 13.2. The van der Waals surface area contributed by atoms with Crippen molar-refractivity contribution in [3.63, 3.8) is 0 Å². The van der Waals surface area contributed by atoms with E-state index in [0.717, 1.165) is 18.2 Å². The first-order valence-electron chi connectivity index (χ1n) is 11.4. The predicted molar refractivity (Wildman–Crippen MR) is 127 cm³/mol. The van der Waals surface area contributed by atoms with Crippen LogP contribution in [0.25, 0.3) is 0 Å². The number of ether oxygens (including phenoxy) is 1. The number of aromatic nitrogens is 1. The standard InChI is InChI=1S/C22H28N4O6S2/c1-11-17-16(12(2)27)20(29)26(17)18(21(30)31)19(11)34-13-7-25(8-13)22-23-14(10-33-22)15(28)9-24-3-5-32-6-4-24/h10-13,16-17,27H,3-9H2,1-2H3,(H,30,31)/t11-,12?,16?,17?/m1/s1. The SMILES string of the molecule is CC(O)C1C(=O)N2C(C(=O)O)=C(SC3CN(c4nc(C(=O)CN5CCOCC5)cs4)C3)[C@H](C)C12. The number of nitrogens with zero attached hydrogens (tertiary/aromatic N) is 4. The number of fused-ring (bicyclic) bond motifs is 1. The highest BCUT2D eigenvalue weighted by molar-refractivity contribution is 8.03. The zero-order valence-electron chi connectivity index (χ0n) is 19.0. The highest BCUT2D eigenvalue weighted by atomic mass is 32.2. The predicted octanol–water partition coefficient (Wildman–Crippen LogP) is 0.734. The molecular weight excluding hydrogens is 480 g/mol. The second kappa shape index (κ2) is 9.23. The van der Waals surface area contributed by atoms with Crippen LogP contribution in [0.5, 0.6) is 0 Å². The molecule has 0 aromatic carbocycles. The van der Waals surface area contributed by atoms with Crippen LogP contribution in [-0.4, -0.2) is 106 Å². The lowest BCUT2D eigenvalue weighted by molar-refractivity contribution is -0.163. The van der Waals surface area contributed by atoms with Gasteiger partial charge < -0.3 is 24.7 Å². The number of hydrogen-bond donors (Lipinski definition) is 2. The Morgan fingerprint density at radius 3 is 2.68 bits per heavy atom. The van der Waals surface area contributed by atoms with Gasteiger partial charge in [-0.25, -0.2) is 9.78 Å². The number of aliphatic hydroxyl groups is 1. The number of rotatable bonds is 8. The number of carboxylic acids is 1. The molecule has 4 atom stereocenters. The number of hydrogen-bond acceptors (Lipinski definition) is 10. The maximum absolute atomic E-state index is 12.6. The van der Waals surface area contributed by atoms with Gasteiger partial charge in [0.1, 0.15) is 11.4 Å². The zero-order valence-corrected chi connectivity index (χ0v) is 20.7. The molecule has 0 bridgehead atoms. The molecule has 10 nitrogen and oxygen atoms in total. The number of β-lactam (4-membered cyclic amide) rings is 1. The minimum absolute atomic E-state index is 0.00809. The molecule has 3 unspecified atom stereocenters. The molecular formula is C22H28N4O6S2. The topological polar surface area (TPSA) is 124 Å². The second-order valence-corrected chi connectivity index (χ2v) is 11.4. The second-order valence-electron chi connectivity index (χ2n) is 9.24. The van der Waals surface area contributed by atoms with Gasteiger partial charge >= 0.3 is 5.97 Å². The first kappa shape index (κ1) is 23.7. The Balaban J connectivity index is 1.19. The summed E-state index contributed by atoms with van der Waals surface area (Å²) in [5.41, 5.74) is 0.544. The summed E-state index contributed by atoms with van der Waals surface area (Å²) in [6, 6.07) is -0.295. The summed E-state index contributed by atoms with van der Waals surface area (Å²) in [6.45, 7) is 8.04. The minimum atomic E-state index is -1.10. The van der Waals surface area contributed by atoms with Gasteiger partial charge in [0.25, 0.3) is 0 Å². The highest BCUT2D eigenvalue weighted by Gasteiger charge is 2.60. The number of thioether (sulfide) groups is 1. The molecule has 5 heterocycles. The monoisotopic (exact) mass is 508 g/mol. The fraction of sp³-hybridized carbons (Fsp3) is 0.636. The van der Waals surface area contributed by atoms with Crippen molar-refractivity contribution in [1.82, 2.24) is 14.8 Å². The number of carbonyl (C=O) groups is 3. The van der Waals surface area contributed by atoms with E-state index in [1.165, 1.54) is 28.0 Å². The number of aliphatic hydroxyl groups excluding tert-OH is 1. The number of anilines is 1. The van der Waals surface area contributed by atoms with Gasteiger partial charge in [0.2, 0.25) is 5.91 Å². The Morgan fingerprint density at radius 2 is 2.03 bits per heavy atom. The molecule has 3 fully saturated rings. The summed E-state index contributed by atoms with van der Waals surface area (Å²) in [6.07, 6.45) is -0.806. The molecule has 184 valence electrons. The summed E-state index contributed by atoms with van der Waals surface area (Å²) in [5, 5.41) is 22.5. The summed E-state index contributed by atoms with van der Waals surface area (Å²) < 4.78 is 5.32. The van der Waals surface area contributed by atoms with Crippen LogP contribution in [0.3, 0.4) is 0 Å². The van der Waals surface area contributed by atoms with Crippen LogP contribution in [0.1, 0.15) is 24.3 Å². The van der Waals surface area contributed by atoms with E-state index >= 15 is 0 Å². The van der Waals surface area contributed by atoms with Crippen molar-refractivity contribution in [1.29, 1.82) is 0 Å². The average Bonchev–Trinajstić information content (AvgIpc) is 3.33. The third-order valence-electron chi connectivity index (χ3n) is 6.97. The normalized spacial score (nSPS) is 28.6. The molecule has 3 saturated heterocycles. The van der Waals surface area contributed by atoms with Gasteiger partial charge in [-0.2, -0.15) is 0 Å². The largest absolute Gasteiger partial charge is 0.477 e. The van der Waals surface area contributed by atoms with Crippen LogP contribution >= 0.6 is 23.1 Å². The van der Waals surface area contributed by atoms with E-state index in [2.05, 4.69) is 14.8 Å². The number of thiazole rings is 1. The lowest BCUT2D eigenvalue weighted by Gasteiger charge is -2.46. The summed E-state index contributed by atoms with van der Waals surface area (Å²) in [7, 11) is 0. The Bertz CT molecular complexity index is 1030. The van der Waals surface area contributed by atoms with E-state index in [1.54, 1.807) is 12.3 Å². The van der Waals surface area contributed by atoms with E-state index in [9.17, 15) is 24.6 Å². The molecule has 5 rings (SSSR count). The lowest BCUT2D eigenvalue weighted by Crippen LogP contribution is -2.63. The van der Waals surface area contributed by atoms with E-state index in [4.69, 9.17) is 4.74 Å². The number of Topliss-reactive ketones (excluding diaryl/α,β-unsaturated/α-hetero) is 1. The van der Waals surface area contributed by atoms with Gasteiger partial charge in [0, 0.05) is 47.6 Å². The molecule has 1 aromatic rings. The average molecular weight is 509 g/mol. The van der Waals surface area contributed by atoms with Crippen LogP contribution in [0.2, 0.25) is 0 Å². The summed E-state index contributed by atoms with van der Waals surface area (Å²) >= 11 is 2.95. The number of carbonyl (C=O) groups excluding carboxylic acids is 2. The van der Waals surface area contributed by atoms with Gasteiger partial charge in [-0.05, 0) is 6.92 Å². The molecule has 12 heteroatoms. The van der Waals surface area contributed by atoms with E-state index in [1.807, 2.05) is 6.92 Å². The van der Waals surface area contributed by atoms with Crippen molar-refractivity contribution in [3.8, 4) is 0 Å². The van der Waals surface area contributed by atoms with Gasteiger partial charge in [0.15, 0.2) is 10.9 Å². The number of aliphatic carboxylic acids is 1. The molecule has 0 saturated carbocycles. The third-order valence-corrected chi connectivity index (χ3v) is 9.32. The molecule has 1 amide bonds. The third kappa shape index (κ3) is 4.05. The maximum Gasteiger partial charge on any atom is 0.353 e. The molecule has 0 spiro atoms. The van der Waals surface area contributed by atoms with Gasteiger partial charge in [-0.15, -0.1) is 23.1 Å². The molecule has 0 radical (unpaired) electrons. The Kier molecular flexibility index (Phi) is 6.44. The minimum Gasteiger partial charge on any atom is -0.477 e. The molecule has 4 aliphatic rings. The van der Waals surface area contributed by atoms with Crippen molar-refractivity contribution >= 4 is 45.9 Å². The Morgan fingerprint density at radius 1 is 1.32 bits per heavy atom. The fourth-order valence-corrected chi connectivity index (χ4v) is 7.48. The number of amides is 1. The molecule has 2 N–H and O–H groups in total. The zero-order chi connectivity index (χ0) is 24.1. The van der Waals surface area contributed by atoms with Crippen LogP contribution in [0, 0.1) is 11.8 Å². The lowest BCUT2D eigenvalue weighted by atomic mass is 9.79. The van der Waals surface area contributed by atoms with Crippen molar-refractivity contribution in [2.75, 3.05) is 50.8 Å². The van der Waals surface area contributed by atoms with Gasteiger partial charge in [0.05, 0.1) is 37.8 Å². The van der Waals surface area contributed by atoms with Crippen molar-refractivity contribution in [2.45, 2.75) is 31.2 Å². The Labute approximate surface area is 205 Å². The summed E-state index contributed by atoms with van der Waals surface area (Å²) in [5.74, 6) is -2.09. The molecule has 0 aliphatic carbocycles. The fourth-order valence-electron chi connectivity index (χ4n) is 5.11. The quantitative estimate of drug-likeness (QED) is 0.384. The number of morpholine rings is 1. The van der Waals surface area contributed by atoms with Crippen molar-refractivity contribution < 1.29 is 29.3 Å². The Hall–Kier alpha value is -1.99. The van der Waals surface area contributed by atoms with Crippen LogP contribution in [-0.2, 0) is 14.3 Å². The maximum atomic E-state index is 12.6. The van der Waals surface area contributed by atoms with E-state index in [-0.39, 0.29) is 34.6 Å². The first-order chi connectivity index (χ1) is 16.3. The summed E-state index contributed by atoms with van der Waals surface area (Å²) in [4.78, 5) is 47.8. The van der Waals surface area contributed by atoms with Crippen LogP contribution in [0.4, 0.5) is 5.13 Å². The number of carboxylic acid groups (broad SMARTS) is 1. The smallest absolute Gasteiger partial charge is 0.353 e. The van der Waals surface area contributed by atoms with E-state index in [0.29, 0.717) is 43.4 Å². The number of ketones is 1. The van der Waals surface area contributed by atoms with Gasteiger partial charge in [-0.1, -0.05) is 6.92 Å².